The van der Waals surface area contributed by atoms with Gasteiger partial charge in [0, 0.05) is 13.5 Å². The Bertz CT molecular complexity index is 268. The van der Waals surface area contributed by atoms with Gasteiger partial charge in [0.2, 0.25) is 5.39 Å². The van der Waals surface area contributed by atoms with Crippen molar-refractivity contribution in [1.82, 2.24) is 0 Å². The molecule has 0 aliphatic rings. The van der Waals surface area contributed by atoms with Gasteiger partial charge in [0.25, 0.3) is 0 Å². The molecule has 0 aromatic carbocycles. The van der Waals surface area contributed by atoms with Gasteiger partial charge in [-0.05, 0) is 6.42 Å². The van der Waals surface area contributed by atoms with E-state index >= 15 is 0 Å². The number of ether oxygens (including phenoxy) is 1. The van der Waals surface area contributed by atoms with E-state index in [9.17, 15) is 5.11 Å². The first-order valence-corrected chi connectivity index (χ1v) is 4.18. The highest BCUT2D eigenvalue weighted by molar-refractivity contribution is 5.11. The summed E-state index contributed by atoms with van der Waals surface area (Å²) in [4.78, 5) is 2.71. The first kappa shape index (κ1) is 12.4. The minimum atomic E-state index is -0.642. The molecule has 0 aromatic heterocycles. The number of methoxy groups -OCH3 is 1. The zero-order chi connectivity index (χ0) is 11.0. The lowest BCUT2D eigenvalue weighted by molar-refractivity contribution is 0.0650. The Labute approximate surface area is 83.8 Å². The quantitative estimate of drug-likeness (QED) is 0.402. The molecule has 0 atom stereocenters. The SMILES string of the molecule is C=CC(C=C)(CC/C(O)=C/[N+]#N)OC. The van der Waals surface area contributed by atoms with Crippen LogP contribution in [0.5, 0.6) is 0 Å². The van der Waals surface area contributed by atoms with Crippen LogP contribution in [-0.4, -0.2) is 17.8 Å². The van der Waals surface area contributed by atoms with Crippen LogP contribution in [0.4, 0.5) is 0 Å². The fourth-order valence-corrected chi connectivity index (χ4v) is 1.01. The number of aliphatic hydroxyl groups excluding tert-OH is 1. The van der Waals surface area contributed by atoms with E-state index in [0.29, 0.717) is 12.8 Å². The average molecular weight is 195 g/mol. The summed E-state index contributed by atoms with van der Waals surface area (Å²) in [7, 11) is 1.54. The van der Waals surface area contributed by atoms with Crippen LogP contribution in [0.3, 0.4) is 0 Å². The smallest absolute Gasteiger partial charge is 0.387 e. The fourth-order valence-electron chi connectivity index (χ4n) is 1.01. The molecular weight excluding hydrogens is 180 g/mol. The number of aliphatic hydroxyl groups is 1. The normalized spacial score (nSPS) is 11.9. The molecule has 0 aliphatic heterocycles. The van der Waals surface area contributed by atoms with Gasteiger partial charge in [-0.1, -0.05) is 25.3 Å². The predicted octanol–water partition coefficient (Wildman–Crippen LogP) is 2.78. The number of diazo groups is 1. The second-order valence-corrected chi connectivity index (χ2v) is 2.80. The molecule has 0 radical (unpaired) electrons. The van der Waals surface area contributed by atoms with E-state index in [1.54, 1.807) is 19.3 Å². The van der Waals surface area contributed by atoms with Crippen molar-refractivity contribution in [3.05, 3.63) is 42.2 Å². The average Bonchev–Trinajstić information content (AvgIpc) is 2.21. The highest BCUT2D eigenvalue weighted by Crippen LogP contribution is 2.21. The Hall–Kier alpha value is -1.60. The van der Waals surface area contributed by atoms with Crippen LogP contribution in [0.25, 0.3) is 4.98 Å². The summed E-state index contributed by atoms with van der Waals surface area (Å²) in [5, 5.41) is 17.3. The molecule has 4 nitrogen and oxygen atoms in total. The Morgan fingerprint density at radius 3 is 2.50 bits per heavy atom. The molecule has 0 saturated heterocycles. The molecule has 4 heteroatoms. The summed E-state index contributed by atoms with van der Waals surface area (Å²) >= 11 is 0. The van der Waals surface area contributed by atoms with Crippen LogP contribution in [0.2, 0.25) is 0 Å². The van der Waals surface area contributed by atoms with Crippen LogP contribution in [0.15, 0.2) is 37.3 Å². The molecule has 0 rings (SSSR count). The summed E-state index contributed by atoms with van der Waals surface area (Å²) in [6.45, 7) is 7.26. The molecule has 76 valence electrons. The minimum Gasteiger partial charge on any atom is -0.505 e. The van der Waals surface area contributed by atoms with E-state index in [2.05, 4.69) is 18.1 Å². The van der Waals surface area contributed by atoms with Crippen molar-refractivity contribution in [2.75, 3.05) is 7.11 Å². The molecular formula is C10H15N2O2+. The topological polar surface area (TPSA) is 57.6 Å². The van der Waals surface area contributed by atoms with E-state index in [0.717, 1.165) is 6.20 Å². The molecule has 0 amide bonds. The largest absolute Gasteiger partial charge is 0.505 e. The molecule has 0 unspecified atom stereocenters. The summed E-state index contributed by atoms with van der Waals surface area (Å²) in [5.74, 6) is -0.0161. The Morgan fingerprint density at radius 2 is 2.14 bits per heavy atom. The van der Waals surface area contributed by atoms with E-state index in [1.807, 2.05) is 0 Å². The van der Waals surface area contributed by atoms with E-state index < -0.39 is 5.60 Å². The van der Waals surface area contributed by atoms with Crippen molar-refractivity contribution >= 4 is 0 Å². The van der Waals surface area contributed by atoms with Gasteiger partial charge in [-0.3, -0.25) is 0 Å². The van der Waals surface area contributed by atoms with Crippen molar-refractivity contribution in [1.29, 1.82) is 5.39 Å². The number of hydrogen-bond acceptors (Lipinski definition) is 3. The summed E-state index contributed by atoms with van der Waals surface area (Å²) in [6, 6.07) is 0. The standard InChI is InChI=1S/C10H14N2O2/c1-4-10(5-2,14-3)7-6-9(13)8-12-11/h4-5,8H,1-2,6-7H2,3H3/p+1/b9-8-. The van der Waals surface area contributed by atoms with Crippen LogP contribution in [-0.2, 0) is 4.74 Å². The van der Waals surface area contributed by atoms with Crippen molar-refractivity contribution in [2.45, 2.75) is 18.4 Å². The number of allylic oxidation sites excluding steroid dienone is 1. The minimum absolute atomic E-state index is 0.0161. The van der Waals surface area contributed by atoms with Gasteiger partial charge in [0.1, 0.15) is 5.60 Å². The van der Waals surface area contributed by atoms with Gasteiger partial charge < -0.3 is 9.84 Å². The van der Waals surface area contributed by atoms with Gasteiger partial charge in [-0.2, -0.15) is 0 Å². The van der Waals surface area contributed by atoms with Crippen molar-refractivity contribution in [2.24, 2.45) is 0 Å². The summed E-state index contributed by atoms with van der Waals surface area (Å²) < 4.78 is 5.20. The second kappa shape index (κ2) is 5.95. The van der Waals surface area contributed by atoms with E-state index in [1.165, 1.54) is 0 Å². The molecule has 1 N–H and O–H groups in total. The number of nitrogens with zero attached hydrogens (tertiary/aromatic N) is 2. The van der Waals surface area contributed by atoms with E-state index in [4.69, 9.17) is 10.1 Å². The van der Waals surface area contributed by atoms with Crippen molar-refractivity contribution < 1.29 is 9.84 Å². The molecule has 0 spiro atoms. The molecule has 0 fully saturated rings. The maximum atomic E-state index is 9.18. The Balaban J connectivity index is 4.35. The van der Waals surface area contributed by atoms with Crippen LogP contribution in [0, 0.1) is 5.39 Å². The number of rotatable bonds is 6. The lowest BCUT2D eigenvalue weighted by Crippen LogP contribution is -2.25. The van der Waals surface area contributed by atoms with Crippen molar-refractivity contribution in [3.63, 3.8) is 0 Å². The third-order valence-corrected chi connectivity index (χ3v) is 2.05. The highest BCUT2D eigenvalue weighted by atomic mass is 16.5. The van der Waals surface area contributed by atoms with Crippen LogP contribution >= 0.6 is 0 Å². The zero-order valence-corrected chi connectivity index (χ0v) is 8.31. The number of hydrogen-bond donors (Lipinski definition) is 1. The molecule has 0 aromatic rings. The molecule has 0 bridgehead atoms. The van der Waals surface area contributed by atoms with Crippen molar-refractivity contribution in [3.8, 4) is 0 Å². The monoisotopic (exact) mass is 195 g/mol. The predicted molar refractivity (Wildman–Crippen MR) is 55.2 cm³/mol. The maximum absolute atomic E-state index is 9.18. The molecule has 0 heterocycles. The van der Waals surface area contributed by atoms with Gasteiger partial charge in [0.15, 0.2) is 10.7 Å². The van der Waals surface area contributed by atoms with Crippen LogP contribution in [0.1, 0.15) is 12.8 Å². The summed E-state index contributed by atoms with van der Waals surface area (Å²) in [6.07, 6.45) is 5.03. The molecule has 14 heavy (non-hydrogen) atoms. The fraction of sp³-hybridized carbons (Fsp3) is 0.400. The summed E-state index contributed by atoms with van der Waals surface area (Å²) in [5.41, 5.74) is -0.642. The molecule has 0 aliphatic carbocycles. The lowest BCUT2D eigenvalue weighted by atomic mass is 9.97. The maximum Gasteiger partial charge on any atom is 0.387 e. The van der Waals surface area contributed by atoms with Crippen LogP contribution < -0.4 is 0 Å². The highest BCUT2D eigenvalue weighted by Gasteiger charge is 2.22. The van der Waals surface area contributed by atoms with Gasteiger partial charge in [-0.25, -0.2) is 0 Å². The lowest BCUT2D eigenvalue weighted by Gasteiger charge is -2.24. The second-order valence-electron chi connectivity index (χ2n) is 2.80. The van der Waals surface area contributed by atoms with Gasteiger partial charge in [0.05, 0.1) is 0 Å². The third kappa shape index (κ3) is 3.42. The first-order chi connectivity index (χ1) is 6.64. The molecule has 0 saturated carbocycles. The Morgan fingerprint density at radius 1 is 1.57 bits per heavy atom. The third-order valence-electron chi connectivity index (χ3n) is 2.05. The first-order valence-electron chi connectivity index (χ1n) is 4.18. The zero-order valence-electron chi connectivity index (χ0n) is 8.31. The Kier molecular flexibility index (Phi) is 5.27. The van der Waals surface area contributed by atoms with E-state index in [-0.39, 0.29) is 5.76 Å². The van der Waals surface area contributed by atoms with Gasteiger partial charge >= 0.3 is 6.20 Å². The van der Waals surface area contributed by atoms with Gasteiger partial charge in [-0.15, -0.1) is 0 Å².